The molecule has 0 aliphatic heterocycles. The molecule has 1 heterocycles. The zero-order chi connectivity index (χ0) is 8.55. The highest BCUT2D eigenvalue weighted by atomic mass is 79.9. The summed E-state index contributed by atoms with van der Waals surface area (Å²) in [6.07, 6.45) is 0. The first-order valence-electron chi connectivity index (χ1n) is 3.76. The largest absolute Gasteiger partial charge is 0.423 e. The molecule has 0 amide bonds. The van der Waals surface area contributed by atoms with Crippen LogP contribution in [0.3, 0.4) is 0 Å². The molecule has 2 aromatic rings. The maximum Gasteiger partial charge on any atom is 0.336 e. The van der Waals surface area contributed by atoms with E-state index >= 15 is 0 Å². The average molecular weight is 241 g/mol. The van der Waals surface area contributed by atoms with Crippen molar-refractivity contribution < 1.29 is 4.42 Å². The number of hydrogen-bond donors (Lipinski definition) is 0. The van der Waals surface area contributed by atoms with E-state index in [2.05, 4.69) is 0 Å². The molecule has 1 aromatic carbocycles. The lowest BCUT2D eigenvalue weighted by Crippen LogP contribution is -1.93. The van der Waals surface area contributed by atoms with E-state index in [9.17, 15) is 4.79 Å². The molecular weight excluding hydrogens is 232 g/mol. The van der Waals surface area contributed by atoms with E-state index in [-0.39, 0.29) is 22.6 Å². The number of rotatable bonds is 0. The molecule has 3 heteroatoms. The maximum atomic E-state index is 10.8. The van der Waals surface area contributed by atoms with E-state index < -0.39 is 0 Å². The van der Waals surface area contributed by atoms with Gasteiger partial charge in [-0.2, -0.15) is 0 Å². The molecule has 0 unspecified atom stereocenters. The van der Waals surface area contributed by atoms with E-state index in [4.69, 9.17) is 4.42 Å². The van der Waals surface area contributed by atoms with E-state index in [1.807, 2.05) is 25.1 Å². The lowest BCUT2D eigenvalue weighted by Gasteiger charge is -1.95. The van der Waals surface area contributed by atoms with Crippen LogP contribution >= 0.6 is 17.0 Å². The van der Waals surface area contributed by atoms with Gasteiger partial charge in [-0.15, -0.1) is 17.0 Å². The van der Waals surface area contributed by atoms with Crippen molar-refractivity contribution in [2.45, 2.75) is 6.92 Å². The number of fused-ring (bicyclic) bond motifs is 1. The number of aryl methyl sites for hydroxylation is 1. The summed E-state index contributed by atoms with van der Waals surface area (Å²) in [5.41, 5.74) is 1.51. The molecule has 0 bridgehead atoms. The summed E-state index contributed by atoms with van der Waals surface area (Å²) in [6.45, 7) is 2.00. The molecule has 2 rings (SSSR count). The standard InChI is InChI=1S/C10H8O2.BrH/c1-7-2-4-9-8(6-7)3-5-10(11)12-9;/h2-6H,1H3;1H. The fourth-order valence-corrected chi connectivity index (χ4v) is 1.19. The van der Waals surface area contributed by atoms with Gasteiger partial charge in [-0.1, -0.05) is 11.6 Å². The maximum absolute atomic E-state index is 10.8. The van der Waals surface area contributed by atoms with Crippen molar-refractivity contribution in [2.75, 3.05) is 0 Å². The molecule has 1 aromatic heterocycles. The van der Waals surface area contributed by atoms with Gasteiger partial charge < -0.3 is 4.42 Å². The molecule has 0 aliphatic carbocycles. The predicted octanol–water partition coefficient (Wildman–Crippen LogP) is 2.68. The third-order valence-corrected chi connectivity index (χ3v) is 1.77. The summed E-state index contributed by atoms with van der Waals surface area (Å²) >= 11 is 0. The average Bonchev–Trinajstić information content (AvgIpc) is 2.05. The fraction of sp³-hybridized carbons (Fsp3) is 0.100. The van der Waals surface area contributed by atoms with Gasteiger partial charge in [0.05, 0.1) is 0 Å². The van der Waals surface area contributed by atoms with Crippen molar-refractivity contribution in [3.8, 4) is 0 Å². The Labute approximate surface area is 86.0 Å². The molecule has 68 valence electrons. The summed E-state index contributed by atoms with van der Waals surface area (Å²) in [7, 11) is 0. The highest BCUT2D eigenvalue weighted by Gasteiger charge is 1.95. The first-order chi connectivity index (χ1) is 5.75. The van der Waals surface area contributed by atoms with Crippen LogP contribution in [-0.4, -0.2) is 0 Å². The first-order valence-corrected chi connectivity index (χ1v) is 3.76. The van der Waals surface area contributed by atoms with Crippen LogP contribution in [-0.2, 0) is 0 Å². The normalized spacial score (nSPS) is 9.62. The van der Waals surface area contributed by atoms with Gasteiger partial charge >= 0.3 is 5.63 Å². The highest BCUT2D eigenvalue weighted by molar-refractivity contribution is 8.93. The second-order valence-corrected chi connectivity index (χ2v) is 2.80. The summed E-state index contributed by atoms with van der Waals surface area (Å²) in [6, 6.07) is 8.92. The lowest BCUT2D eigenvalue weighted by atomic mass is 10.2. The van der Waals surface area contributed by atoms with Crippen molar-refractivity contribution in [3.05, 3.63) is 46.3 Å². The highest BCUT2D eigenvalue weighted by Crippen LogP contribution is 2.12. The van der Waals surface area contributed by atoms with Gasteiger partial charge in [0.2, 0.25) is 0 Å². The first kappa shape index (κ1) is 9.99. The molecule has 0 N–H and O–H groups in total. The minimum Gasteiger partial charge on any atom is -0.423 e. The van der Waals surface area contributed by atoms with Crippen LogP contribution in [0.2, 0.25) is 0 Å². The molecule has 0 radical (unpaired) electrons. The van der Waals surface area contributed by atoms with Crippen LogP contribution in [0.4, 0.5) is 0 Å². The Kier molecular flexibility index (Phi) is 2.88. The molecule has 0 aliphatic rings. The molecule has 0 spiro atoms. The van der Waals surface area contributed by atoms with Gasteiger partial charge in [0, 0.05) is 11.5 Å². The third-order valence-electron chi connectivity index (χ3n) is 1.77. The Bertz CT molecular complexity index is 474. The summed E-state index contributed by atoms with van der Waals surface area (Å²) in [5, 5.41) is 0.967. The van der Waals surface area contributed by atoms with Crippen molar-refractivity contribution in [3.63, 3.8) is 0 Å². The quantitative estimate of drug-likeness (QED) is 0.664. The summed E-state index contributed by atoms with van der Waals surface area (Å²) in [4.78, 5) is 10.8. The zero-order valence-electron chi connectivity index (χ0n) is 7.11. The number of hydrogen-bond acceptors (Lipinski definition) is 2. The molecule has 0 atom stereocenters. The number of benzene rings is 1. The SMILES string of the molecule is Br.Cc1ccc2oc(=O)ccc2c1. The topological polar surface area (TPSA) is 30.2 Å². The van der Waals surface area contributed by atoms with Crippen molar-refractivity contribution in [1.29, 1.82) is 0 Å². The molecule has 0 saturated heterocycles. The molecule has 0 fully saturated rings. The van der Waals surface area contributed by atoms with E-state index in [0.29, 0.717) is 5.58 Å². The molecule has 13 heavy (non-hydrogen) atoms. The second-order valence-electron chi connectivity index (χ2n) is 2.80. The van der Waals surface area contributed by atoms with Gasteiger partial charge in [-0.3, -0.25) is 0 Å². The van der Waals surface area contributed by atoms with E-state index in [1.165, 1.54) is 6.07 Å². The minimum atomic E-state index is -0.300. The van der Waals surface area contributed by atoms with Crippen LogP contribution in [0.15, 0.2) is 39.5 Å². The molecule has 0 saturated carbocycles. The Hall–Kier alpha value is -1.09. The van der Waals surface area contributed by atoms with Crippen LogP contribution in [0.5, 0.6) is 0 Å². The predicted molar refractivity (Wildman–Crippen MR) is 57.5 cm³/mol. The van der Waals surface area contributed by atoms with Gasteiger partial charge in [0.25, 0.3) is 0 Å². The van der Waals surface area contributed by atoms with Gasteiger partial charge in [-0.25, -0.2) is 4.79 Å². The van der Waals surface area contributed by atoms with Gasteiger partial charge in [0.15, 0.2) is 0 Å². The Balaban J connectivity index is 0.000000845. The lowest BCUT2D eigenvalue weighted by molar-refractivity contribution is 0.561. The van der Waals surface area contributed by atoms with Crippen molar-refractivity contribution >= 4 is 28.0 Å². The van der Waals surface area contributed by atoms with Crippen LogP contribution in [0, 0.1) is 6.92 Å². The van der Waals surface area contributed by atoms with Crippen LogP contribution in [0.25, 0.3) is 11.0 Å². The van der Waals surface area contributed by atoms with E-state index in [1.54, 1.807) is 6.07 Å². The van der Waals surface area contributed by atoms with Crippen LogP contribution < -0.4 is 5.63 Å². The summed E-state index contributed by atoms with van der Waals surface area (Å²) in [5.74, 6) is 0. The monoisotopic (exact) mass is 240 g/mol. The second kappa shape index (κ2) is 3.75. The van der Waals surface area contributed by atoms with Crippen molar-refractivity contribution in [1.82, 2.24) is 0 Å². The Morgan fingerprint density at radius 3 is 2.69 bits per heavy atom. The van der Waals surface area contributed by atoms with Crippen LogP contribution in [0.1, 0.15) is 5.56 Å². The smallest absolute Gasteiger partial charge is 0.336 e. The minimum absolute atomic E-state index is 0. The van der Waals surface area contributed by atoms with E-state index in [0.717, 1.165) is 10.9 Å². The van der Waals surface area contributed by atoms with Gasteiger partial charge in [-0.05, 0) is 25.1 Å². The number of halogens is 1. The Morgan fingerprint density at radius 1 is 1.15 bits per heavy atom. The summed E-state index contributed by atoms with van der Waals surface area (Å²) < 4.78 is 4.96. The molecule has 2 nitrogen and oxygen atoms in total. The fourth-order valence-electron chi connectivity index (χ4n) is 1.19. The Morgan fingerprint density at radius 2 is 1.92 bits per heavy atom. The molecular formula is C10H9BrO2. The third kappa shape index (κ3) is 1.98. The van der Waals surface area contributed by atoms with Crippen molar-refractivity contribution in [2.24, 2.45) is 0 Å². The zero-order valence-corrected chi connectivity index (χ0v) is 8.82. The van der Waals surface area contributed by atoms with Gasteiger partial charge in [0.1, 0.15) is 5.58 Å².